The molecule has 2 amide bonds. The minimum absolute atomic E-state index is 0.135. The Labute approximate surface area is 171 Å². The molecule has 2 aromatic rings. The molecule has 0 unspecified atom stereocenters. The van der Waals surface area contributed by atoms with Crippen LogP contribution in [0.3, 0.4) is 0 Å². The topological polar surface area (TPSA) is 99.7 Å². The molecule has 1 aliphatic rings. The first kappa shape index (κ1) is 20.4. The maximum Gasteiger partial charge on any atom is 0.251 e. The molecule has 1 saturated heterocycles. The number of carbonyl (C=O) groups is 2. The van der Waals surface area contributed by atoms with Gasteiger partial charge in [0.1, 0.15) is 4.90 Å². The largest absolute Gasteiger partial charge is 0.343 e. The number of nitrogens with zero attached hydrogens (tertiary/aromatic N) is 3. The van der Waals surface area contributed by atoms with Crippen LogP contribution >= 0.6 is 15.9 Å². The fourth-order valence-corrected chi connectivity index (χ4v) is 4.61. The summed E-state index contributed by atoms with van der Waals surface area (Å²) in [6.07, 6.45) is 2.82. The number of sulfonamides is 1. The van der Waals surface area contributed by atoms with E-state index in [4.69, 9.17) is 0 Å². The van der Waals surface area contributed by atoms with Gasteiger partial charge in [-0.2, -0.15) is 4.31 Å². The van der Waals surface area contributed by atoms with E-state index in [9.17, 15) is 18.0 Å². The second kappa shape index (κ2) is 8.80. The minimum atomic E-state index is -3.62. The Kier molecular flexibility index (Phi) is 6.42. The number of hydrogen-bond acceptors (Lipinski definition) is 5. The van der Waals surface area contributed by atoms with Gasteiger partial charge in [0.25, 0.3) is 5.91 Å². The molecule has 3 rings (SSSR count). The number of amides is 2. The van der Waals surface area contributed by atoms with Crippen LogP contribution in [0.4, 0.5) is 0 Å². The first-order valence-electron chi connectivity index (χ1n) is 8.59. The van der Waals surface area contributed by atoms with E-state index in [-0.39, 0.29) is 49.4 Å². The predicted molar refractivity (Wildman–Crippen MR) is 106 cm³/mol. The van der Waals surface area contributed by atoms with Gasteiger partial charge in [0.05, 0.1) is 6.54 Å². The molecule has 0 saturated carbocycles. The zero-order valence-corrected chi connectivity index (χ0v) is 17.3. The molecule has 1 aliphatic heterocycles. The summed E-state index contributed by atoms with van der Waals surface area (Å²) in [6.45, 7) is 0.794. The lowest BCUT2D eigenvalue weighted by Gasteiger charge is -2.34. The van der Waals surface area contributed by atoms with Crippen molar-refractivity contribution < 1.29 is 18.0 Å². The third kappa shape index (κ3) is 4.75. The highest BCUT2D eigenvalue weighted by Gasteiger charge is 2.30. The maximum atomic E-state index is 12.6. The van der Waals surface area contributed by atoms with Gasteiger partial charge in [0, 0.05) is 48.6 Å². The van der Waals surface area contributed by atoms with Gasteiger partial charge in [-0.25, -0.2) is 8.42 Å². The number of aromatic nitrogens is 1. The fourth-order valence-electron chi connectivity index (χ4n) is 2.83. The Morgan fingerprint density at radius 2 is 1.86 bits per heavy atom. The predicted octanol–water partition coefficient (Wildman–Crippen LogP) is 1.11. The van der Waals surface area contributed by atoms with Crippen LogP contribution in [0.2, 0.25) is 0 Å². The van der Waals surface area contributed by atoms with E-state index >= 15 is 0 Å². The Hall–Kier alpha value is -2.30. The van der Waals surface area contributed by atoms with E-state index in [0.717, 1.165) is 4.47 Å². The van der Waals surface area contributed by atoms with Gasteiger partial charge in [0.2, 0.25) is 15.9 Å². The van der Waals surface area contributed by atoms with Crippen LogP contribution in [0.25, 0.3) is 0 Å². The molecule has 1 fully saturated rings. The van der Waals surface area contributed by atoms with Gasteiger partial charge in [-0.15, -0.1) is 0 Å². The Bertz CT molecular complexity index is 961. The Balaban J connectivity index is 1.52. The van der Waals surface area contributed by atoms with Crippen LogP contribution in [0.1, 0.15) is 10.4 Å². The van der Waals surface area contributed by atoms with Crippen molar-refractivity contribution in [2.45, 2.75) is 4.90 Å². The summed E-state index contributed by atoms with van der Waals surface area (Å²) in [4.78, 5) is 30.0. The molecular weight excluding hydrogens is 448 g/mol. The van der Waals surface area contributed by atoms with Crippen molar-refractivity contribution in [3.63, 3.8) is 0 Å². The number of hydrogen-bond donors (Lipinski definition) is 1. The summed E-state index contributed by atoms with van der Waals surface area (Å²) in [5.74, 6) is -0.589. The minimum Gasteiger partial charge on any atom is -0.343 e. The van der Waals surface area contributed by atoms with Crippen LogP contribution in [-0.4, -0.2) is 67.1 Å². The Morgan fingerprint density at radius 3 is 2.50 bits per heavy atom. The highest BCUT2D eigenvalue weighted by molar-refractivity contribution is 9.10. The van der Waals surface area contributed by atoms with Crippen LogP contribution < -0.4 is 5.32 Å². The van der Waals surface area contributed by atoms with Gasteiger partial charge in [-0.3, -0.25) is 14.6 Å². The van der Waals surface area contributed by atoms with Crippen LogP contribution in [-0.2, 0) is 14.8 Å². The number of pyridine rings is 1. The molecule has 8 nitrogen and oxygen atoms in total. The quantitative estimate of drug-likeness (QED) is 0.711. The number of halogens is 1. The molecular formula is C18H19BrN4O4S. The lowest BCUT2D eigenvalue weighted by atomic mass is 10.2. The normalized spacial score (nSPS) is 15.2. The number of piperazine rings is 1. The molecule has 0 aliphatic carbocycles. The van der Waals surface area contributed by atoms with Gasteiger partial charge >= 0.3 is 0 Å². The third-order valence-electron chi connectivity index (χ3n) is 4.35. The molecule has 0 bridgehead atoms. The van der Waals surface area contributed by atoms with Crippen LogP contribution in [0.5, 0.6) is 0 Å². The molecule has 148 valence electrons. The number of rotatable bonds is 5. The van der Waals surface area contributed by atoms with Crippen LogP contribution in [0, 0.1) is 0 Å². The monoisotopic (exact) mass is 466 g/mol. The first-order valence-corrected chi connectivity index (χ1v) is 10.8. The van der Waals surface area contributed by atoms with Crippen LogP contribution in [0.15, 0.2) is 58.2 Å². The van der Waals surface area contributed by atoms with E-state index in [1.165, 1.54) is 22.8 Å². The van der Waals surface area contributed by atoms with Gasteiger partial charge in [-0.05, 0) is 30.3 Å². The maximum absolute atomic E-state index is 12.6. The number of carbonyl (C=O) groups excluding carboxylic acids is 2. The number of nitrogens with one attached hydrogen (secondary N) is 1. The van der Waals surface area contributed by atoms with Crippen molar-refractivity contribution in [2.24, 2.45) is 0 Å². The van der Waals surface area contributed by atoms with Crippen molar-refractivity contribution in [1.82, 2.24) is 19.5 Å². The molecule has 28 heavy (non-hydrogen) atoms. The summed E-state index contributed by atoms with van der Waals surface area (Å²) in [5.41, 5.74) is 0.453. The lowest BCUT2D eigenvalue weighted by Crippen LogP contribution is -2.52. The average Bonchev–Trinajstić information content (AvgIpc) is 2.72. The van der Waals surface area contributed by atoms with E-state index in [1.54, 1.807) is 35.2 Å². The molecule has 0 radical (unpaired) electrons. The van der Waals surface area contributed by atoms with Gasteiger partial charge < -0.3 is 10.2 Å². The SMILES string of the molecule is O=C(NCC(=O)N1CCN(S(=O)(=O)c2cccnc2)CC1)c1cccc(Br)c1. The third-order valence-corrected chi connectivity index (χ3v) is 6.73. The summed E-state index contributed by atoms with van der Waals surface area (Å²) in [6, 6.07) is 9.94. The molecule has 0 atom stereocenters. The smallest absolute Gasteiger partial charge is 0.251 e. The fraction of sp³-hybridized carbons (Fsp3) is 0.278. The van der Waals surface area contributed by atoms with Crippen molar-refractivity contribution >= 4 is 37.8 Å². The summed E-state index contributed by atoms with van der Waals surface area (Å²) >= 11 is 3.30. The molecule has 1 N–H and O–H groups in total. The van der Waals surface area contributed by atoms with E-state index in [2.05, 4.69) is 26.2 Å². The van der Waals surface area contributed by atoms with E-state index in [1.807, 2.05) is 0 Å². The molecule has 1 aromatic heterocycles. The lowest BCUT2D eigenvalue weighted by molar-refractivity contribution is -0.131. The average molecular weight is 467 g/mol. The van der Waals surface area contributed by atoms with Crippen molar-refractivity contribution in [2.75, 3.05) is 32.7 Å². The summed E-state index contributed by atoms with van der Waals surface area (Å²) in [5, 5.41) is 2.60. The molecule has 0 spiro atoms. The van der Waals surface area contributed by atoms with Gasteiger partial charge in [0.15, 0.2) is 0 Å². The van der Waals surface area contributed by atoms with Crippen molar-refractivity contribution in [3.8, 4) is 0 Å². The van der Waals surface area contributed by atoms with Crippen molar-refractivity contribution in [1.29, 1.82) is 0 Å². The van der Waals surface area contributed by atoms with E-state index < -0.39 is 10.0 Å². The first-order chi connectivity index (χ1) is 13.4. The standard InChI is InChI=1S/C18H19BrN4O4S/c19-15-4-1-3-14(11-15)18(25)21-13-17(24)22-7-9-23(10-8-22)28(26,27)16-5-2-6-20-12-16/h1-6,11-12H,7-10,13H2,(H,21,25). The zero-order valence-electron chi connectivity index (χ0n) is 14.9. The van der Waals surface area contributed by atoms with E-state index in [0.29, 0.717) is 5.56 Å². The number of benzene rings is 1. The second-order valence-electron chi connectivity index (χ2n) is 6.17. The highest BCUT2D eigenvalue weighted by atomic mass is 79.9. The van der Waals surface area contributed by atoms with Gasteiger partial charge in [-0.1, -0.05) is 22.0 Å². The molecule has 2 heterocycles. The summed E-state index contributed by atoms with van der Waals surface area (Å²) < 4.78 is 27.3. The highest BCUT2D eigenvalue weighted by Crippen LogP contribution is 2.16. The molecule has 10 heteroatoms. The Morgan fingerprint density at radius 1 is 1.11 bits per heavy atom. The molecule has 1 aromatic carbocycles. The summed E-state index contributed by atoms with van der Waals surface area (Å²) in [7, 11) is -3.62. The van der Waals surface area contributed by atoms with Crippen molar-refractivity contribution in [3.05, 3.63) is 58.8 Å². The second-order valence-corrected chi connectivity index (χ2v) is 9.02. The zero-order chi connectivity index (χ0) is 20.1.